The van der Waals surface area contributed by atoms with Crippen LogP contribution in [0.25, 0.3) is 0 Å². The molecule has 1 heteroatoms. The summed E-state index contributed by atoms with van der Waals surface area (Å²) in [7, 11) is -0.399. The van der Waals surface area contributed by atoms with Gasteiger partial charge in [-0.1, -0.05) is 54.6 Å². The average Bonchev–Trinajstić information content (AvgIpc) is 2.53. The summed E-state index contributed by atoms with van der Waals surface area (Å²) in [5, 5.41) is 0. The molecule has 0 aromatic heterocycles. The zero-order chi connectivity index (χ0) is 13.4. The highest BCUT2D eigenvalue weighted by Gasteiger charge is 2.22. The minimum Gasteiger partial charge on any atom is -0.172 e. The molecule has 0 aliphatic carbocycles. The van der Waals surface area contributed by atoms with E-state index in [1.165, 1.54) is 25.8 Å². The highest BCUT2D eigenvalue weighted by molar-refractivity contribution is 8.17. The number of hydrogen-bond acceptors (Lipinski definition) is 0. The van der Waals surface area contributed by atoms with E-state index in [0.29, 0.717) is 0 Å². The predicted molar refractivity (Wildman–Crippen MR) is 85.9 cm³/mol. The Morgan fingerprint density at radius 3 is 1.65 bits per heavy atom. The normalized spacial score (nSPS) is 14.5. The molecule has 20 heavy (non-hydrogen) atoms. The molecule has 1 aliphatic heterocycles. The van der Waals surface area contributed by atoms with E-state index >= 15 is 0 Å². The van der Waals surface area contributed by atoms with Crippen molar-refractivity contribution in [3.05, 3.63) is 90.0 Å². The van der Waals surface area contributed by atoms with Gasteiger partial charge >= 0.3 is 0 Å². The lowest BCUT2D eigenvalue weighted by atomic mass is 10.0. The van der Waals surface area contributed by atoms with Crippen LogP contribution in [0.5, 0.6) is 0 Å². The Morgan fingerprint density at radius 2 is 1.05 bits per heavy atom. The Labute approximate surface area is 122 Å². The van der Waals surface area contributed by atoms with Crippen LogP contribution >= 0.6 is 10.9 Å². The molecule has 0 spiro atoms. The van der Waals surface area contributed by atoms with Gasteiger partial charge in [0.15, 0.2) is 0 Å². The van der Waals surface area contributed by atoms with Gasteiger partial charge in [0.05, 0.1) is 0 Å². The van der Waals surface area contributed by atoms with E-state index in [4.69, 9.17) is 0 Å². The molecule has 0 amide bonds. The molecule has 0 bridgehead atoms. The van der Waals surface area contributed by atoms with Crippen LogP contribution in [0.1, 0.15) is 11.1 Å². The van der Waals surface area contributed by atoms with E-state index in [-0.39, 0.29) is 0 Å². The van der Waals surface area contributed by atoms with Crippen LogP contribution in [-0.2, 0) is 6.42 Å². The van der Waals surface area contributed by atoms with E-state index in [1.54, 1.807) is 0 Å². The maximum Gasteiger partial charge on any atom is -0.000441 e. The third-order valence-electron chi connectivity index (χ3n) is 3.86. The quantitative estimate of drug-likeness (QED) is 0.461. The second-order valence-corrected chi connectivity index (χ2v) is 7.26. The molecule has 0 fully saturated rings. The van der Waals surface area contributed by atoms with E-state index in [2.05, 4.69) is 78.9 Å². The zero-order valence-electron chi connectivity index (χ0n) is 11.2. The van der Waals surface area contributed by atoms with Crippen molar-refractivity contribution < 1.29 is 0 Å². The minimum absolute atomic E-state index is 0.399. The van der Waals surface area contributed by atoms with Crippen molar-refractivity contribution in [2.75, 3.05) is 0 Å². The number of benzene rings is 3. The van der Waals surface area contributed by atoms with Gasteiger partial charge in [0.1, 0.15) is 0 Å². The summed E-state index contributed by atoms with van der Waals surface area (Å²) >= 11 is 0. The number of hydrogen-bond donors (Lipinski definition) is 1. The molecule has 4 rings (SSSR count). The topological polar surface area (TPSA) is 0 Å². The van der Waals surface area contributed by atoms with Crippen LogP contribution in [0.3, 0.4) is 0 Å². The molecule has 0 atom stereocenters. The van der Waals surface area contributed by atoms with Crippen molar-refractivity contribution in [3.63, 3.8) is 0 Å². The SMILES string of the molecule is c1ccc([SH]2c3ccccc3Cc3ccccc32)cc1. The van der Waals surface area contributed by atoms with Gasteiger partial charge in [-0.3, -0.25) is 0 Å². The first-order valence-electron chi connectivity index (χ1n) is 6.94. The number of fused-ring (bicyclic) bond motifs is 2. The fraction of sp³-hybridized carbons (Fsp3) is 0.0526. The van der Waals surface area contributed by atoms with Crippen LogP contribution in [0.4, 0.5) is 0 Å². The van der Waals surface area contributed by atoms with Crippen molar-refractivity contribution in [3.8, 4) is 0 Å². The second kappa shape index (κ2) is 4.84. The van der Waals surface area contributed by atoms with Gasteiger partial charge < -0.3 is 0 Å². The highest BCUT2D eigenvalue weighted by Crippen LogP contribution is 2.56. The van der Waals surface area contributed by atoms with E-state index < -0.39 is 10.9 Å². The summed E-state index contributed by atoms with van der Waals surface area (Å²) in [6.07, 6.45) is 1.07. The van der Waals surface area contributed by atoms with Crippen LogP contribution < -0.4 is 0 Å². The van der Waals surface area contributed by atoms with Gasteiger partial charge in [0.25, 0.3) is 0 Å². The molecule has 0 nitrogen and oxygen atoms in total. The van der Waals surface area contributed by atoms with Gasteiger partial charge in [0, 0.05) is 0 Å². The predicted octanol–water partition coefficient (Wildman–Crippen LogP) is 5.07. The first-order valence-corrected chi connectivity index (χ1v) is 8.28. The third kappa shape index (κ3) is 1.86. The highest BCUT2D eigenvalue weighted by atomic mass is 32.2. The smallest absolute Gasteiger partial charge is 0.000441 e. The molecule has 1 aliphatic rings. The van der Waals surface area contributed by atoms with Crippen molar-refractivity contribution >= 4 is 10.9 Å². The van der Waals surface area contributed by atoms with Crippen molar-refractivity contribution in [1.29, 1.82) is 0 Å². The van der Waals surface area contributed by atoms with Crippen molar-refractivity contribution in [2.24, 2.45) is 0 Å². The second-order valence-electron chi connectivity index (χ2n) is 5.11. The first-order chi connectivity index (χ1) is 9.93. The molecule has 3 aromatic rings. The zero-order valence-corrected chi connectivity index (χ0v) is 12.1. The average molecular weight is 276 g/mol. The summed E-state index contributed by atoms with van der Waals surface area (Å²) in [6.45, 7) is 0. The Bertz CT molecular complexity index is 701. The number of thiol groups is 1. The van der Waals surface area contributed by atoms with Crippen LogP contribution in [0.15, 0.2) is 93.5 Å². The molecule has 0 unspecified atom stereocenters. The lowest BCUT2D eigenvalue weighted by Crippen LogP contribution is -2.04. The minimum atomic E-state index is -0.399. The fourth-order valence-electron chi connectivity index (χ4n) is 2.95. The summed E-state index contributed by atoms with van der Waals surface area (Å²) in [5.74, 6) is 0. The van der Waals surface area contributed by atoms with Gasteiger partial charge in [-0.05, 0) is 56.5 Å². The maximum atomic E-state index is 2.31. The maximum absolute atomic E-state index is 2.31. The molecule has 98 valence electrons. The lowest BCUT2D eigenvalue weighted by molar-refractivity contribution is 1.04. The largest absolute Gasteiger partial charge is 0.172 e. The Kier molecular flexibility index (Phi) is 2.86. The van der Waals surface area contributed by atoms with Gasteiger partial charge in [-0.2, -0.15) is 10.9 Å². The van der Waals surface area contributed by atoms with Crippen LogP contribution in [-0.4, -0.2) is 0 Å². The van der Waals surface area contributed by atoms with E-state index in [0.717, 1.165) is 6.42 Å². The molecule has 0 saturated heterocycles. The van der Waals surface area contributed by atoms with Crippen LogP contribution in [0, 0.1) is 0 Å². The standard InChI is InChI=1S/C19H16S/c1-2-10-17(11-3-1)20-18-12-6-4-8-15(18)14-16-9-5-7-13-19(16)20/h1-13,20H,14H2. The van der Waals surface area contributed by atoms with Gasteiger partial charge in [-0.15, -0.1) is 0 Å². The Morgan fingerprint density at radius 1 is 0.550 bits per heavy atom. The van der Waals surface area contributed by atoms with Gasteiger partial charge in [-0.25, -0.2) is 0 Å². The molecule has 3 aromatic carbocycles. The van der Waals surface area contributed by atoms with Gasteiger partial charge in [0.2, 0.25) is 0 Å². The number of rotatable bonds is 1. The monoisotopic (exact) mass is 276 g/mol. The fourth-order valence-corrected chi connectivity index (χ4v) is 5.59. The first kappa shape index (κ1) is 11.8. The van der Waals surface area contributed by atoms with E-state index in [9.17, 15) is 0 Å². The summed E-state index contributed by atoms with van der Waals surface area (Å²) in [5.41, 5.74) is 2.97. The molecule has 1 heterocycles. The Hall–Kier alpha value is -1.99. The lowest BCUT2D eigenvalue weighted by Gasteiger charge is -2.32. The molecular formula is C19H16S. The molecular weight excluding hydrogens is 260 g/mol. The van der Waals surface area contributed by atoms with Crippen molar-refractivity contribution in [2.45, 2.75) is 21.1 Å². The summed E-state index contributed by atoms with van der Waals surface area (Å²) in [4.78, 5) is 4.49. The Balaban J connectivity index is 1.98. The summed E-state index contributed by atoms with van der Waals surface area (Å²) in [6, 6.07) is 28.8. The molecule has 0 N–H and O–H groups in total. The molecule has 0 radical (unpaired) electrons. The third-order valence-corrected chi connectivity index (χ3v) is 6.51. The van der Waals surface area contributed by atoms with E-state index in [1.807, 2.05) is 0 Å². The summed E-state index contributed by atoms with van der Waals surface area (Å²) < 4.78 is 0. The van der Waals surface area contributed by atoms with Crippen molar-refractivity contribution in [1.82, 2.24) is 0 Å². The molecule has 0 saturated carbocycles. The van der Waals surface area contributed by atoms with Crippen LogP contribution in [0.2, 0.25) is 0 Å².